The van der Waals surface area contributed by atoms with E-state index in [4.69, 9.17) is 27.4 Å². The third-order valence-electron chi connectivity index (χ3n) is 5.50. The lowest BCUT2D eigenvalue weighted by Crippen LogP contribution is -2.49. The van der Waals surface area contributed by atoms with Crippen LogP contribution in [0.25, 0.3) is 0 Å². The van der Waals surface area contributed by atoms with Gasteiger partial charge in [0.25, 0.3) is 0 Å². The predicted octanol–water partition coefficient (Wildman–Crippen LogP) is 3.65. The zero-order valence-corrected chi connectivity index (χ0v) is 17.2. The molecule has 1 fully saturated rings. The standard InChI is InChI=1S/C22H26N2O3S/c1-16-12-18(4-3-11-25)21(28)22(27-16)7-9-24(10-8-22)15-17-5-6-19(14-23)20(13-17)26-2/h3-6,11,13,16,28H,7-10,12,15H2,1-2H3/b4-3+. The van der Waals surface area contributed by atoms with E-state index in [0.29, 0.717) is 11.3 Å². The van der Waals surface area contributed by atoms with Crippen LogP contribution < -0.4 is 4.74 Å². The summed E-state index contributed by atoms with van der Waals surface area (Å²) >= 11 is 4.80. The second-order valence-corrected chi connectivity index (χ2v) is 7.87. The van der Waals surface area contributed by atoms with Crippen molar-refractivity contribution in [2.75, 3.05) is 20.2 Å². The lowest BCUT2D eigenvalue weighted by atomic mass is 9.84. The van der Waals surface area contributed by atoms with Crippen LogP contribution in [0.2, 0.25) is 0 Å². The van der Waals surface area contributed by atoms with Crippen molar-refractivity contribution in [3.05, 3.63) is 52.0 Å². The van der Waals surface area contributed by atoms with Crippen LogP contribution in [-0.4, -0.2) is 43.1 Å². The fraction of sp³-hybridized carbons (Fsp3) is 0.455. The molecule has 2 heterocycles. The zero-order chi connectivity index (χ0) is 20.1. The molecular formula is C22H26N2O3S. The highest BCUT2D eigenvalue weighted by atomic mass is 32.1. The smallest absolute Gasteiger partial charge is 0.142 e. The number of carbonyl (C=O) groups excluding carboxylic acids is 1. The Hall–Kier alpha value is -2.07. The summed E-state index contributed by atoms with van der Waals surface area (Å²) < 4.78 is 11.7. The van der Waals surface area contributed by atoms with Crippen LogP contribution in [0, 0.1) is 11.3 Å². The molecule has 0 amide bonds. The van der Waals surface area contributed by atoms with E-state index in [1.165, 1.54) is 6.08 Å². The first-order valence-corrected chi connectivity index (χ1v) is 9.97. The molecule has 0 bridgehead atoms. The Balaban J connectivity index is 1.71. The van der Waals surface area contributed by atoms with Gasteiger partial charge in [0.2, 0.25) is 0 Å². The van der Waals surface area contributed by atoms with Gasteiger partial charge in [-0.05, 0) is 55.5 Å². The molecular weight excluding hydrogens is 372 g/mol. The van der Waals surface area contributed by atoms with Crippen molar-refractivity contribution in [2.24, 2.45) is 0 Å². The number of aldehydes is 1. The molecule has 0 N–H and O–H groups in total. The highest BCUT2D eigenvalue weighted by Crippen LogP contribution is 2.43. The fourth-order valence-electron chi connectivity index (χ4n) is 4.10. The molecule has 1 saturated heterocycles. The quantitative estimate of drug-likeness (QED) is 0.466. The summed E-state index contributed by atoms with van der Waals surface area (Å²) in [6, 6.07) is 7.88. The van der Waals surface area contributed by atoms with Gasteiger partial charge in [-0.1, -0.05) is 12.1 Å². The molecule has 1 spiro atoms. The van der Waals surface area contributed by atoms with Gasteiger partial charge in [0.1, 0.15) is 23.7 Å². The van der Waals surface area contributed by atoms with Crippen molar-refractivity contribution in [3.8, 4) is 11.8 Å². The van der Waals surface area contributed by atoms with Crippen LogP contribution in [0.4, 0.5) is 0 Å². The number of benzene rings is 1. The van der Waals surface area contributed by atoms with E-state index in [2.05, 4.69) is 17.9 Å². The van der Waals surface area contributed by atoms with E-state index in [1.807, 2.05) is 24.3 Å². The summed E-state index contributed by atoms with van der Waals surface area (Å²) in [5.41, 5.74) is 2.41. The first kappa shape index (κ1) is 20.7. The van der Waals surface area contributed by atoms with Gasteiger partial charge >= 0.3 is 0 Å². The molecule has 3 rings (SSSR count). The number of likely N-dealkylation sites (tertiary alicyclic amines) is 1. The van der Waals surface area contributed by atoms with Crippen molar-refractivity contribution < 1.29 is 14.3 Å². The van der Waals surface area contributed by atoms with E-state index < -0.39 is 0 Å². The average molecular weight is 399 g/mol. The molecule has 0 aromatic heterocycles. The molecule has 1 unspecified atom stereocenters. The largest absolute Gasteiger partial charge is 0.495 e. The Kier molecular flexibility index (Phi) is 6.61. The zero-order valence-electron chi connectivity index (χ0n) is 16.4. The highest BCUT2D eigenvalue weighted by molar-refractivity contribution is 7.84. The Morgan fingerprint density at radius 1 is 1.43 bits per heavy atom. The lowest BCUT2D eigenvalue weighted by molar-refractivity contribution is -0.104. The molecule has 5 nitrogen and oxygen atoms in total. The number of nitriles is 1. The van der Waals surface area contributed by atoms with E-state index in [9.17, 15) is 4.79 Å². The van der Waals surface area contributed by atoms with E-state index >= 15 is 0 Å². The number of allylic oxidation sites excluding steroid dienone is 2. The van der Waals surface area contributed by atoms with E-state index in [0.717, 1.165) is 61.2 Å². The first-order chi connectivity index (χ1) is 13.5. The van der Waals surface area contributed by atoms with Gasteiger partial charge in [-0.3, -0.25) is 9.69 Å². The Bertz CT molecular complexity index is 833. The van der Waals surface area contributed by atoms with Crippen molar-refractivity contribution in [3.63, 3.8) is 0 Å². The number of nitrogens with zero attached hydrogens (tertiary/aromatic N) is 2. The number of ether oxygens (including phenoxy) is 2. The molecule has 1 aromatic rings. The van der Waals surface area contributed by atoms with E-state index in [-0.39, 0.29) is 11.7 Å². The van der Waals surface area contributed by atoms with Gasteiger partial charge < -0.3 is 9.47 Å². The summed E-state index contributed by atoms with van der Waals surface area (Å²) in [5, 5.41) is 9.13. The molecule has 148 valence electrons. The third-order valence-corrected chi connectivity index (χ3v) is 6.20. The normalized spacial score (nSPS) is 22.4. The summed E-state index contributed by atoms with van der Waals surface area (Å²) in [5.74, 6) is 0.616. The highest BCUT2D eigenvalue weighted by Gasteiger charge is 2.42. The maximum Gasteiger partial charge on any atom is 0.142 e. The topological polar surface area (TPSA) is 62.6 Å². The third kappa shape index (κ3) is 4.33. The van der Waals surface area contributed by atoms with Gasteiger partial charge in [-0.2, -0.15) is 5.26 Å². The number of rotatable bonds is 5. The molecule has 1 atom stereocenters. The Labute approximate surface area is 172 Å². The Morgan fingerprint density at radius 2 is 2.18 bits per heavy atom. The fourth-order valence-corrected chi connectivity index (χ4v) is 4.54. The van der Waals surface area contributed by atoms with Crippen LogP contribution in [0.1, 0.15) is 37.3 Å². The molecule has 2 aliphatic rings. The minimum absolute atomic E-state index is 0.108. The van der Waals surface area contributed by atoms with Gasteiger partial charge in [-0.15, -0.1) is 12.6 Å². The summed E-state index contributed by atoms with van der Waals surface area (Å²) in [6.45, 7) is 4.66. The number of piperidine rings is 1. The van der Waals surface area contributed by atoms with Gasteiger partial charge in [0.15, 0.2) is 0 Å². The molecule has 6 heteroatoms. The minimum atomic E-state index is -0.359. The summed E-state index contributed by atoms with van der Waals surface area (Å²) in [6.07, 6.45) is 6.81. The van der Waals surface area contributed by atoms with Crippen LogP contribution in [0.5, 0.6) is 5.75 Å². The Morgan fingerprint density at radius 3 is 2.82 bits per heavy atom. The second kappa shape index (κ2) is 8.95. The van der Waals surface area contributed by atoms with Crippen LogP contribution in [0.15, 0.2) is 40.8 Å². The predicted molar refractivity (Wildman–Crippen MR) is 111 cm³/mol. The molecule has 28 heavy (non-hydrogen) atoms. The van der Waals surface area contributed by atoms with Crippen LogP contribution in [0.3, 0.4) is 0 Å². The SMILES string of the molecule is COc1cc(CN2CCC3(CC2)OC(C)CC(/C=C/C=O)=C3S)ccc1C#N. The van der Waals surface area contributed by atoms with Crippen molar-refractivity contribution in [2.45, 2.75) is 44.4 Å². The summed E-state index contributed by atoms with van der Waals surface area (Å²) in [4.78, 5) is 14.1. The number of carbonyl (C=O) groups is 1. The lowest BCUT2D eigenvalue weighted by Gasteiger charge is -2.46. The molecule has 0 radical (unpaired) electrons. The van der Waals surface area contributed by atoms with Crippen molar-refractivity contribution in [1.82, 2.24) is 4.90 Å². The average Bonchev–Trinajstić information content (AvgIpc) is 2.71. The maximum absolute atomic E-state index is 10.7. The van der Waals surface area contributed by atoms with Gasteiger partial charge in [0, 0.05) is 24.5 Å². The first-order valence-electron chi connectivity index (χ1n) is 9.53. The minimum Gasteiger partial charge on any atom is -0.495 e. The van der Waals surface area contributed by atoms with Crippen molar-refractivity contribution in [1.29, 1.82) is 5.26 Å². The number of thiol groups is 1. The molecule has 2 aliphatic heterocycles. The van der Waals surface area contributed by atoms with Crippen LogP contribution in [-0.2, 0) is 16.1 Å². The van der Waals surface area contributed by atoms with E-state index in [1.54, 1.807) is 7.11 Å². The van der Waals surface area contributed by atoms with Crippen molar-refractivity contribution >= 4 is 18.9 Å². The molecule has 1 aromatic carbocycles. The monoisotopic (exact) mass is 398 g/mol. The number of hydrogen-bond donors (Lipinski definition) is 1. The maximum atomic E-state index is 10.7. The van der Waals surface area contributed by atoms with Gasteiger partial charge in [0.05, 0.1) is 18.8 Å². The van der Waals surface area contributed by atoms with Gasteiger partial charge in [-0.25, -0.2) is 0 Å². The summed E-state index contributed by atoms with van der Waals surface area (Å²) in [7, 11) is 1.59. The second-order valence-electron chi connectivity index (χ2n) is 7.42. The van der Waals surface area contributed by atoms with Crippen LogP contribution >= 0.6 is 12.6 Å². The molecule has 0 saturated carbocycles. The number of hydrogen-bond acceptors (Lipinski definition) is 6. The number of methoxy groups -OCH3 is 1. The molecule has 0 aliphatic carbocycles.